The number of anilines is 1. The molecule has 0 radical (unpaired) electrons. The number of rotatable bonds is 6. The maximum atomic E-state index is 12.5. The number of nitrogens with one attached hydrogen (secondary N) is 1. The number of amides is 2. The van der Waals surface area contributed by atoms with Crippen LogP contribution in [0, 0.1) is 0 Å². The molecule has 0 saturated carbocycles. The molecule has 0 unspecified atom stereocenters. The summed E-state index contributed by atoms with van der Waals surface area (Å²) in [5, 5.41) is 2.73. The topological polar surface area (TPSA) is 85.3 Å². The summed E-state index contributed by atoms with van der Waals surface area (Å²) < 4.78 is 5.35. The Balaban J connectivity index is 1.70. The van der Waals surface area contributed by atoms with E-state index in [0.717, 1.165) is 10.5 Å². The minimum absolute atomic E-state index is 0.257. The molecule has 0 atom stereocenters. The molecule has 1 aromatic heterocycles. The Hall–Kier alpha value is -2.99. The van der Waals surface area contributed by atoms with Gasteiger partial charge in [0.1, 0.15) is 0 Å². The largest absolute Gasteiger partial charge is 0.459 e. The molecule has 0 spiro atoms. The van der Waals surface area contributed by atoms with Crippen molar-refractivity contribution in [2.24, 2.45) is 5.73 Å². The highest BCUT2D eigenvalue weighted by atomic mass is 32.2. The third-order valence-corrected chi connectivity index (χ3v) is 4.56. The van der Waals surface area contributed by atoms with Gasteiger partial charge in [0.05, 0.1) is 6.26 Å². The Morgan fingerprint density at radius 1 is 1.04 bits per heavy atom. The van der Waals surface area contributed by atoms with Crippen molar-refractivity contribution in [3.8, 4) is 0 Å². The second kappa shape index (κ2) is 7.72. The second-order valence-electron chi connectivity index (χ2n) is 5.28. The van der Waals surface area contributed by atoms with Crippen LogP contribution in [0.5, 0.6) is 0 Å². The molecule has 5 nitrogen and oxygen atoms in total. The van der Waals surface area contributed by atoms with Gasteiger partial charge in [0.25, 0.3) is 5.91 Å². The maximum absolute atomic E-state index is 12.5. The lowest BCUT2D eigenvalue weighted by Gasteiger charge is -2.06. The summed E-state index contributed by atoms with van der Waals surface area (Å²) in [6.45, 7) is 0. The fourth-order valence-electron chi connectivity index (χ4n) is 2.26. The maximum Gasteiger partial charge on any atom is 0.291 e. The third-order valence-electron chi connectivity index (χ3n) is 3.50. The van der Waals surface area contributed by atoms with Crippen LogP contribution in [0.4, 0.5) is 5.69 Å². The van der Waals surface area contributed by atoms with E-state index >= 15 is 0 Å². The molecule has 3 rings (SSSR count). The van der Waals surface area contributed by atoms with Crippen LogP contribution in [0.1, 0.15) is 26.5 Å². The number of carbonyl (C=O) groups is 2. The molecule has 2 aromatic carbocycles. The first-order valence-corrected chi connectivity index (χ1v) is 8.57. The van der Waals surface area contributed by atoms with E-state index in [-0.39, 0.29) is 11.7 Å². The van der Waals surface area contributed by atoms with Gasteiger partial charge in [-0.25, -0.2) is 0 Å². The van der Waals surface area contributed by atoms with Gasteiger partial charge in [-0.3, -0.25) is 9.59 Å². The van der Waals surface area contributed by atoms with Crippen molar-refractivity contribution < 1.29 is 14.0 Å². The van der Waals surface area contributed by atoms with Crippen LogP contribution in [-0.4, -0.2) is 11.8 Å². The van der Waals surface area contributed by atoms with Crippen molar-refractivity contribution in [1.29, 1.82) is 0 Å². The summed E-state index contributed by atoms with van der Waals surface area (Å²) in [4.78, 5) is 24.8. The Labute approximate surface area is 149 Å². The summed E-state index contributed by atoms with van der Waals surface area (Å²) >= 11 is 1.62. The standard InChI is InChI=1S/C19H16N2O3S/c20-18(22)13-5-4-6-15(11-13)21-19(23)17-14(9-10-24-17)12-25-16-7-2-1-3-8-16/h1-11H,12H2,(H2,20,22)(H,21,23). The lowest BCUT2D eigenvalue weighted by molar-refractivity contribution is 0.0987. The predicted molar refractivity (Wildman–Crippen MR) is 97.6 cm³/mol. The van der Waals surface area contributed by atoms with Gasteiger partial charge in [0.2, 0.25) is 5.91 Å². The zero-order chi connectivity index (χ0) is 17.6. The molecule has 0 saturated heterocycles. The minimum Gasteiger partial charge on any atom is -0.459 e. The monoisotopic (exact) mass is 352 g/mol. The predicted octanol–water partition coefficient (Wildman–Crippen LogP) is 3.92. The normalized spacial score (nSPS) is 10.4. The number of thioether (sulfide) groups is 1. The van der Waals surface area contributed by atoms with E-state index in [1.54, 1.807) is 36.0 Å². The number of furan rings is 1. The number of nitrogens with two attached hydrogens (primary N) is 1. The Bertz CT molecular complexity index is 890. The molecule has 0 aliphatic heterocycles. The summed E-state index contributed by atoms with van der Waals surface area (Å²) in [7, 11) is 0. The Morgan fingerprint density at radius 2 is 1.84 bits per heavy atom. The van der Waals surface area contributed by atoms with Gasteiger partial charge < -0.3 is 15.5 Å². The first kappa shape index (κ1) is 16.9. The molecule has 126 valence electrons. The van der Waals surface area contributed by atoms with Crippen molar-refractivity contribution in [2.45, 2.75) is 10.6 Å². The molecule has 0 fully saturated rings. The first-order valence-electron chi connectivity index (χ1n) is 7.59. The number of carbonyl (C=O) groups excluding carboxylic acids is 2. The SMILES string of the molecule is NC(=O)c1cccc(NC(=O)c2occc2CSc2ccccc2)c1. The van der Waals surface area contributed by atoms with Crippen LogP contribution < -0.4 is 11.1 Å². The quantitative estimate of drug-likeness (QED) is 0.658. The van der Waals surface area contributed by atoms with Crippen LogP contribution in [-0.2, 0) is 5.75 Å². The van der Waals surface area contributed by atoms with Gasteiger partial charge in [-0.1, -0.05) is 24.3 Å². The van der Waals surface area contributed by atoms with Crippen LogP contribution in [0.2, 0.25) is 0 Å². The molecule has 0 bridgehead atoms. The average Bonchev–Trinajstić information content (AvgIpc) is 3.10. The zero-order valence-electron chi connectivity index (χ0n) is 13.3. The Kier molecular flexibility index (Phi) is 5.20. The lowest BCUT2D eigenvalue weighted by atomic mass is 10.2. The smallest absolute Gasteiger partial charge is 0.291 e. The second-order valence-corrected chi connectivity index (χ2v) is 6.32. The number of hydrogen-bond donors (Lipinski definition) is 2. The number of primary amides is 1. The van der Waals surface area contributed by atoms with Gasteiger partial charge in [-0.2, -0.15) is 0 Å². The molecule has 0 aliphatic carbocycles. The highest BCUT2D eigenvalue weighted by Gasteiger charge is 2.16. The minimum atomic E-state index is -0.547. The summed E-state index contributed by atoms with van der Waals surface area (Å²) in [6.07, 6.45) is 1.50. The zero-order valence-corrected chi connectivity index (χ0v) is 14.1. The molecular formula is C19H16N2O3S. The highest BCUT2D eigenvalue weighted by molar-refractivity contribution is 7.98. The molecular weight excluding hydrogens is 336 g/mol. The van der Waals surface area contributed by atoms with Crippen LogP contribution in [0.15, 0.2) is 76.2 Å². The summed E-state index contributed by atoms with van der Waals surface area (Å²) in [6, 6.07) is 18.2. The Morgan fingerprint density at radius 3 is 2.60 bits per heavy atom. The van der Waals surface area contributed by atoms with E-state index in [0.29, 0.717) is 17.0 Å². The summed E-state index contributed by atoms with van der Waals surface area (Å²) in [5.74, 6) is -0.0397. The third kappa shape index (κ3) is 4.30. The van der Waals surface area contributed by atoms with E-state index in [2.05, 4.69) is 5.32 Å². The van der Waals surface area contributed by atoms with E-state index < -0.39 is 5.91 Å². The molecule has 1 heterocycles. The van der Waals surface area contributed by atoms with Gasteiger partial charge >= 0.3 is 0 Å². The lowest BCUT2D eigenvalue weighted by Crippen LogP contribution is -2.15. The van der Waals surface area contributed by atoms with Crippen molar-refractivity contribution in [1.82, 2.24) is 0 Å². The highest BCUT2D eigenvalue weighted by Crippen LogP contribution is 2.25. The van der Waals surface area contributed by atoms with E-state index in [9.17, 15) is 9.59 Å². The molecule has 3 N–H and O–H groups in total. The fourth-order valence-corrected chi connectivity index (χ4v) is 3.16. The molecule has 6 heteroatoms. The summed E-state index contributed by atoms with van der Waals surface area (Å²) in [5.41, 5.74) is 6.87. The van der Waals surface area contributed by atoms with Crippen LogP contribution >= 0.6 is 11.8 Å². The number of benzene rings is 2. The van der Waals surface area contributed by atoms with Crippen molar-refractivity contribution >= 4 is 29.3 Å². The van der Waals surface area contributed by atoms with Gasteiger partial charge in [-0.05, 0) is 36.4 Å². The van der Waals surface area contributed by atoms with Gasteiger partial charge in [-0.15, -0.1) is 11.8 Å². The van der Waals surface area contributed by atoms with Gasteiger partial charge in [0, 0.05) is 27.5 Å². The van der Waals surface area contributed by atoms with Crippen LogP contribution in [0.25, 0.3) is 0 Å². The van der Waals surface area contributed by atoms with Crippen molar-refractivity contribution in [2.75, 3.05) is 5.32 Å². The van der Waals surface area contributed by atoms with Gasteiger partial charge in [0.15, 0.2) is 5.76 Å². The van der Waals surface area contributed by atoms with Crippen molar-refractivity contribution in [3.05, 3.63) is 83.8 Å². The number of hydrogen-bond acceptors (Lipinski definition) is 4. The first-order chi connectivity index (χ1) is 12.1. The molecule has 0 aliphatic rings. The molecule has 25 heavy (non-hydrogen) atoms. The molecule has 3 aromatic rings. The fraction of sp³-hybridized carbons (Fsp3) is 0.0526. The van der Waals surface area contributed by atoms with E-state index in [1.807, 2.05) is 30.3 Å². The van der Waals surface area contributed by atoms with Crippen LogP contribution in [0.3, 0.4) is 0 Å². The van der Waals surface area contributed by atoms with E-state index in [4.69, 9.17) is 10.2 Å². The molecule has 2 amide bonds. The van der Waals surface area contributed by atoms with E-state index in [1.165, 1.54) is 12.3 Å². The average molecular weight is 352 g/mol. The van der Waals surface area contributed by atoms with Crippen molar-refractivity contribution in [3.63, 3.8) is 0 Å².